The van der Waals surface area contributed by atoms with Crippen molar-refractivity contribution in [2.24, 2.45) is 0 Å². The standard InChI is InChI=1S/C20H20ClNO4/c1-26-17-13-15(21)7-8-16(17)18(23)22-11-9-20(10-12-22,19(24)25)14-5-3-2-4-6-14/h2-8,13H,9-12H2,1H3,(H,24,25). The molecular formula is C20H20ClNO4. The first-order chi connectivity index (χ1) is 12.5. The van der Waals surface area contributed by atoms with Crippen LogP contribution in [0, 0.1) is 0 Å². The number of carboxylic acids is 1. The number of nitrogens with zero attached hydrogens (tertiary/aromatic N) is 1. The zero-order valence-electron chi connectivity index (χ0n) is 14.4. The van der Waals surface area contributed by atoms with Gasteiger partial charge in [-0.2, -0.15) is 0 Å². The predicted octanol–water partition coefficient (Wildman–Crippen LogP) is 3.61. The van der Waals surface area contributed by atoms with Gasteiger partial charge in [0.2, 0.25) is 0 Å². The van der Waals surface area contributed by atoms with E-state index in [4.69, 9.17) is 16.3 Å². The van der Waals surface area contributed by atoms with Crippen molar-refractivity contribution in [3.05, 3.63) is 64.7 Å². The zero-order valence-corrected chi connectivity index (χ0v) is 15.2. The molecule has 1 N–H and O–H groups in total. The first kappa shape index (κ1) is 18.3. The highest BCUT2D eigenvalue weighted by molar-refractivity contribution is 6.30. The molecule has 6 heteroatoms. The molecule has 1 aliphatic rings. The normalized spacial score (nSPS) is 16.2. The quantitative estimate of drug-likeness (QED) is 0.889. The summed E-state index contributed by atoms with van der Waals surface area (Å²) >= 11 is 5.96. The largest absolute Gasteiger partial charge is 0.496 e. The first-order valence-corrected chi connectivity index (χ1v) is 8.77. The number of hydrogen-bond donors (Lipinski definition) is 1. The Morgan fingerprint density at radius 3 is 2.35 bits per heavy atom. The number of halogens is 1. The van der Waals surface area contributed by atoms with Gasteiger partial charge in [-0.3, -0.25) is 9.59 Å². The number of carbonyl (C=O) groups is 2. The average molecular weight is 374 g/mol. The van der Waals surface area contributed by atoms with Crippen molar-refractivity contribution < 1.29 is 19.4 Å². The Labute approximate surface area is 157 Å². The number of likely N-dealkylation sites (tertiary alicyclic amines) is 1. The first-order valence-electron chi connectivity index (χ1n) is 8.40. The van der Waals surface area contributed by atoms with Gasteiger partial charge in [0.15, 0.2) is 0 Å². The summed E-state index contributed by atoms with van der Waals surface area (Å²) in [5, 5.41) is 10.4. The lowest BCUT2D eigenvalue weighted by molar-refractivity contribution is -0.145. The van der Waals surface area contributed by atoms with Crippen LogP contribution in [0.2, 0.25) is 5.02 Å². The number of ether oxygens (including phenoxy) is 1. The molecule has 0 aromatic heterocycles. The number of carbonyl (C=O) groups excluding carboxylic acids is 1. The van der Waals surface area contributed by atoms with Crippen LogP contribution in [0.25, 0.3) is 0 Å². The van der Waals surface area contributed by atoms with Gasteiger partial charge in [0.05, 0.1) is 18.1 Å². The van der Waals surface area contributed by atoms with Crippen molar-refractivity contribution >= 4 is 23.5 Å². The molecule has 1 amide bonds. The second-order valence-corrected chi connectivity index (χ2v) is 6.83. The van der Waals surface area contributed by atoms with Gasteiger partial charge in [-0.05, 0) is 36.6 Å². The molecule has 5 nitrogen and oxygen atoms in total. The van der Waals surface area contributed by atoms with Crippen LogP contribution in [0.3, 0.4) is 0 Å². The Kier molecular flexibility index (Phi) is 5.18. The van der Waals surface area contributed by atoms with Crippen molar-refractivity contribution in [1.29, 1.82) is 0 Å². The molecule has 1 heterocycles. The zero-order chi connectivity index (χ0) is 18.7. The van der Waals surface area contributed by atoms with Crippen LogP contribution in [0.4, 0.5) is 0 Å². The SMILES string of the molecule is COc1cc(Cl)ccc1C(=O)N1CCC(C(=O)O)(c2ccccc2)CC1. The number of carboxylic acid groups (broad SMARTS) is 1. The molecule has 0 saturated carbocycles. The van der Waals surface area contributed by atoms with Crippen LogP contribution in [0.15, 0.2) is 48.5 Å². The van der Waals surface area contributed by atoms with Gasteiger partial charge < -0.3 is 14.7 Å². The molecule has 0 aliphatic carbocycles. The predicted molar refractivity (Wildman–Crippen MR) is 98.9 cm³/mol. The Bertz CT molecular complexity index is 814. The van der Waals surface area contributed by atoms with Crippen LogP contribution < -0.4 is 4.74 Å². The van der Waals surface area contributed by atoms with E-state index in [-0.39, 0.29) is 5.91 Å². The van der Waals surface area contributed by atoms with E-state index >= 15 is 0 Å². The molecule has 3 rings (SSSR count). The van der Waals surface area contributed by atoms with Crippen LogP contribution >= 0.6 is 11.6 Å². The van der Waals surface area contributed by atoms with E-state index in [2.05, 4.69) is 0 Å². The van der Waals surface area contributed by atoms with Crippen LogP contribution in [0.1, 0.15) is 28.8 Å². The molecule has 26 heavy (non-hydrogen) atoms. The molecule has 0 unspecified atom stereocenters. The fourth-order valence-corrected chi connectivity index (χ4v) is 3.65. The Morgan fingerprint density at radius 1 is 1.12 bits per heavy atom. The summed E-state index contributed by atoms with van der Waals surface area (Å²) in [5.41, 5.74) is 0.255. The third-order valence-corrected chi connectivity index (χ3v) is 5.27. The van der Waals surface area contributed by atoms with Crippen molar-refractivity contribution in [2.75, 3.05) is 20.2 Å². The maximum Gasteiger partial charge on any atom is 0.314 e. The fourth-order valence-electron chi connectivity index (χ4n) is 3.49. The van der Waals surface area contributed by atoms with E-state index in [9.17, 15) is 14.7 Å². The summed E-state index contributed by atoms with van der Waals surface area (Å²) in [6, 6.07) is 14.1. The van der Waals surface area contributed by atoms with Gasteiger partial charge in [-0.15, -0.1) is 0 Å². The van der Waals surface area contributed by atoms with Crippen molar-refractivity contribution in [1.82, 2.24) is 4.90 Å². The van der Waals surface area contributed by atoms with E-state index in [1.165, 1.54) is 7.11 Å². The van der Waals surface area contributed by atoms with Crippen molar-refractivity contribution in [2.45, 2.75) is 18.3 Å². The monoisotopic (exact) mass is 373 g/mol. The summed E-state index contributed by atoms with van der Waals surface area (Å²) < 4.78 is 5.26. The van der Waals surface area contributed by atoms with Gasteiger partial charge in [0.1, 0.15) is 5.75 Å². The lowest BCUT2D eigenvalue weighted by Crippen LogP contribution is -2.49. The number of hydrogen-bond acceptors (Lipinski definition) is 3. The van der Waals surface area contributed by atoms with Gasteiger partial charge in [0.25, 0.3) is 5.91 Å². The summed E-state index contributed by atoms with van der Waals surface area (Å²) in [5.74, 6) is -0.605. The van der Waals surface area contributed by atoms with Gasteiger partial charge >= 0.3 is 5.97 Å². The number of benzene rings is 2. The van der Waals surface area contributed by atoms with E-state index < -0.39 is 11.4 Å². The molecule has 1 aliphatic heterocycles. The van der Waals surface area contributed by atoms with Crippen molar-refractivity contribution in [3.8, 4) is 5.75 Å². The van der Waals surface area contributed by atoms with Gasteiger partial charge in [-0.1, -0.05) is 41.9 Å². The Hall–Kier alpha value is -2.53. The topological polar surface area (TPSA) is 66.8 Å². The summed E-state index contributed by atoms with van der Waals surface area (Å²) in [4.78, 5) is 26.6. The molecule has 0 spiro atoms. The van der Waals surface area contributed by atoms with E-state index in [0.29, 0.717) is 42.3 Å². The Balaban J connectivity index is 1.81. The minimum atomic E-state index is -0.956. The highest BCUT2D eigenvalue weighted by Crippen LogP contribution is 2.37. The molecule has 2 aromatic rings. The van der Waals surface area contributed by atoms with Crippen molar-refractivity contribution in [3.63, 3.8) is 0 Å². The summed E-state index contributed by atoms with van der Waals surface area (Å²) in [6.07, 6.45) is 0.738. The minimum Gasteiger partial charge on any atom is -0.496 e. The van der Waals surface area contributed by atoms with Gasteiger partial charge in [0, 0.05) is 18.1 Å². The van der Waals surface area contributed by atoms with Crippen LogP contribution in [0.5, 0.6) is 5.75 Å². The molecule has 1 fully saturated rings. The molecule has 2 aromatic carbocycles. The number of aliphatic carboxylic acids is 1. The summed E-state index contributed by atoms with van der Waals surface area (Å²) in [7, 11) is 1.49. The second kappa shape index (κ2) is 7.38. The molecule has 0 radical (unpaired) electrons. The summed E-state index contributed by atoms with van der Waals surface area (Å²) in [6.45, 7) is 0.734. The van der Waals surface area contributed by atoms with Gasteiger partial charge in [-0.25, -0.2) is 0 Å². The number of piperidine rings is 1. The molecule has 0 bridgehead atoms. The highest BCUT2D eigenvalue weighted by atomic mass is 35.5. The maximum absolute atomic E-state index is 12.9. The van der Waals surface area contributed by atoms with Crippen LogP contribution in [-0.2, 0) is 10.2 Å². The second-order valence-electron chi connectivity index (χ2n) is 6.39. The number of rotatable bonds is 4. The lowest BCUT2D eigenvalue weighted by Gasteiger charge is -2.39. The highest BCUT2D eigenvalue weighted by Gasteiger charge is 2.44. The number of amides is 1. The lowest BCUT2D eigenvalue weighted by atomic mass is 9.72. The smallest absolute Gasteiger partial charge is 0.314 e. The minimum absolute atomic E-state index is 0.175. The van der Waals surface area contributed by atoms with E-state index in [0.717, 1.165) is 5.56 Å². The third kappa shape index (κ3) is 3.27. The van der Waals surface area contributed by atoms with E-state index in [1.807, 2.05) is 30.3 Å². The maximum atomic E-state index is 12.9. The molecular weight excluding hydrogens is 354 g/mol. The van der Waals surface area contributed by atoms with E-state index in [1.54, 1.807) is 23.1 Å². The Morgan fingerprint density at radius 2 is 1.77 bits per heavy atom. The van der Waals surface area contributed by atoms with Crippen LogP contribution in [-0.4, -0.2) is 42.1 Å². The fraction of sp³-hybridized carbons (Fsp3) is 0.300. The molecule has 1 saturated heterocycles. The number of methoxy groups -OCH3 is 1. The third-order valence-electron chi connectivity index (χ3n) is 5.03. The molecule has 136 valence electrons. The average Bonchev–Trinajstić information content (AvgIpc) is 2.68. The molecule has 0 atom stereocenters.